The molecule has 0 aromatic heterocycles. The normalized spacial score (nSPS) is 28.2. The van der Waals surface area contributed by atoms with Gasteiger partial charge in [-0.3, -0.25) is 28.8 Å². The van der Waals surface area contributed by atoms with Gasteiger partial charge in [-0.25, -0.2) is 0 Å². The second-order valence-electron chi connectivity index (χ2n) is 11.2. The lowest BCUT2D eigenvalue weighted by Crippen LogP contribution is -2.65. The fraction of sp³-hybridized carbons (Fsp3) is 0.562. The first-order chi connectivity index (χ1) is 23.3. The quantitative estimate of drug-likeness (QED) is 0.240. The summed E-state index contributed by atoms with van der Waals surface area (Å²) in [6, 6.07) is 4.30. The minimum absolute atomic E-state index is 0.0858. The van der Waals surface area contributed by atoms with E-state index in [1.807, 2.05) is 0 Å². The third kappa shape index (κ3) is 11.5. The number of carbonyl (C=O) groups is 6. The Morgan fingerprint density at radius 1 is 0.740 bits per heavy atom. The fourth-order valence-electron chi connectivity index (χ4n) is 5.25. The minimum Gasteiger partial charge on any atom is -0.463 e. The highest BCUT2D eigenvalue weighted by Crippen LogP contribution is 2.35. The van der Waals surface area contributed by atoms with E-state index in [4.69, 9.17) is 42.6 Å². The van der Waals surface area contributed by atoms with E-state index in [0.29, 0.717) is 0 Å². The van der Waals surface area contributed by atoms with Crippen LogP contribution in [0.25, 0.3) is 6.08 Å². The molecule has 1 aromatic carbocycles. The summed E-state index contributed by atoms with van der Waals surface area (Å²) in [5.74, 6) is -5.05. The van der Waals surface area contributed by atoms with Crippen molar-refractivity contribution in [2.45, 2.75) is 103 Å². The predicted octanol–water partition coefficient (Wildman–Crippen LogP) is 2.45. The van der Waals surface area contributed by atoms with Crippen molar-refractivity contribution in [3.63, 3.8) is 0 Å². The summed E-state index contributed by atoms with van der Waals surface area (Å²) in [7, 11) is 0. The molecule has 0 N–H and O–H groups in total. The Morgan fingerprint density at radius 3 is 1.86 bits per heavy atom. The van der Waals surface area contributed by atoms with Crippen molar-refractivity contribution in [2.75, 3.05) is 13.2 Å². The maximum Gasteiger partial charge on any atom is 0.416 e. The van der Waals surface area contributed by atoms with Crippen LogP contribution >= 0.6 is 0 Å². The van der Waals surface area contributed by atoms with E-state index in [1.54, 1.807) is 0 Å². The van der Waals surface area contributed by atoms with Gasteiger partial charge in [0.25, 0.3) is 0 Å². The molecule has 0 aliphatic carbocycles. The van der Waals surface area contributed by atoms with Crippen molar-refractivity contribution < 1.29 is 84.6 Å². The molecule has 2 heterocycles. The first-order valence-corrected chi connectivity index (χ1v) is 15.1. The van der Waals surface area contributed by atoms with Crippen LogP contribution in [-0.4, -0.2) is 104 Å². The monoisotopic (exact) mass is 718 g/mol. The highest BCUT2D eigenvalue weighted by molar-refractivity contribution is 5.69. The van der Waals surface area contributed by atoms with Gasteiger partial charge in [-0.1, -0.05) is 24.3 Å². The molecule has 2 aliphatic rings. The van der Waals surface area contributed by atoms with Gasteiger partial charge < -0.3 is 42.6 Å². The Hall–Kier alpha value is -4.55. The number of rotatable bonds is 11. The molecule has 5 unspecified atom stereocenters. The zero-order valence-electron chi connectivity index (χ0n) is 27.8. The van der Waals surface area contributed by atoms with Crippen molar-refractivity contribution >= 4 is 41.9 Å². The molecule has 2 fully saturated rings. The van der Waals surface area contributed by atoms with Gasteiger partial charge in [0.15, 0.2) is 36.8 Å². The maximum atomic E-state index is 13.3. The SMILES string of the molecule is CC(=O)OC[C@H]1OC(/C=C/c2cccc(C(F)(F)F)c2)[C@H](OC(C)=O)[C@@H](OC(C)=O)[C@@H]1OC1OCC(OC(C)=O)C(OC(C)=O)C1OC(C)=O. The van der Waals surface area contributed by atoms with Gasteiger partial charge in [-0.15, -0.1) is 0 Å². The first kappa shape index (κ1) is 39.9. The third-order valence-electron chi connectivity index (χ3n) is 7.01. The topological polar surface area (TPSA) is 185 Å². The molecule has 2 saturated heterocycles. The number of halogens is 3. The highest BCUT2D eigenvalue weighted by atomic mass is 19.4. The van der Waals surface area contributed by atoms with Crippen LogP contribution in [0.15, 0.2) is 30.3 Å². The molecule has 18 heteroatoms. The summed E-state index contributed by atoms with van der Waals surface area (Å²) >= 11 is 0. The lowest BCUT2D eigenvalue weighted by atomic mass is 9.93. The second-order valence-corrected chi connectivity index (χ2v) is 11.2. The lowest BCUT2D eigenvalue weighted by Gasteiger charge is -2.47. The van der Waals surface area contributed by atoms with E-state index in [1.165, 1.54) is 24.3 Å². The number of esters is 6. The van der Waals surface area contributed by atoms with E-state index in [2.05, 4.69) is 0 Å². The van der Waals surface area contributed by atoms with Crippen LogP contribution in [0.5, 0.6) is 0 Å². The van der Waals surface area contributed by atoms with Crippen molar-refractivity contribution in [3.8, 4) is 0 Å². The Bertz CT molecular complexity index is 1440. The van der Waals surface area contributed by atoms with E-state index in [9.17, 15) is 41.9 Å². The molecule has 0 bridgehead atoms. The van der Waals surface area contributed by atoms with E-state index in [-0.39, 0.29) is 5.56 Å². The van der Waals surface area contributed by atoms with Crippen LogP contribution in [0.4, 0.5) is 13.2 Å². The minimum atomic E-state index is -4.64. The van der Waals surface area contributed by atoms with Crippen LogP contribution in [0, 0.1) is 0 Å². The molecule has 0 saturated carbocycles. The van der Waals surface area contributed by atoms with Gasteiger partial charge in [0.2, 0.25) is 0 Å². The van der Waals surface area contributed by atoms with Crippen molar-refractivity contribution in [2.24, 2.45) is 0 Å². The van der Waals surface area contributed by atoms with Crippen molar-refractivity contribution in [1.82, 2.24) is 0 Å². The molecule has 276 valence electrons. The standard InChI is InChI=1S/C32H37F3O15/c1-15(36)42-13-25-27(50-31-30(48-20(6)41)28(46-18(4)39)24(14-43-31)44-16(2)37)29(47-19(5)40)26(45-17(3)38)23(49-25)11-10-21-8-7-9-22(12-21)32(33,34)35/h7-12,23-31H,13-14H2,1-6H3/b11-10+/t23?,24?,25-,26+,27-,28?,29-,30?,31?/m1/s1. The van der Waals surface area contributed by atoms with Crippen molar-refractivity contribution in [1.29, 1.82) is 0 Å². The molecule has 0 amide bonds. The summed E-state index contributed by atoms with van der Waals surface area (Å²) < 4.78 is 90.2. The number of hydrogen-bond acceptors (Lipinski definition) is 15. The van der Waals surface area contributed by atoms with Crippen LogP contribution in [-0.2, 0) is 77.6 Å². The van der Waals surface area contributed by atoms with Gasteiger partial charge in [0.1, 0.15) is 24.9 Å². The predicted molar refractivity (Wildman–Crippen MR) is 158 cm³/mol. The fourth-order valence-corrected chi connectivity index (χ4v) is 5.25. The maximum absolute atomic E-state index is 13.3. The molecule has 1 aromatic rings. The van der Waals surface area contributed by atoms with Crippen molar-refractivity contribution in [3.05, 3.63) is 41.5 Å². The van der Waals surface area contributed by atoms with Gasteiger partial charge in [-0.2, -0.15) is 13.2 Å². The zero-order chi connectivity index (χ0) is 37.3. The first-order valence-electron chi connectivity index (χ1n) is 15.1. The number of ether oxygens (including phenoxy) is 9. The summed E-state index contributed by atoms with van der Waals surface area (Å²) in [6.45, 7) is 5.33. The smallest absolute Gasteiger partial charge is 0.416 e. The summed E-state index contributed by atoms with van der Waals surface area (Å²) in [5, 5.41) is 0. The molecular weight excluding hydrogens is 681 g/mol. The van der Waals surface area contributed by atoms with Crippen LogP contribution in [0.1, 0.15) is 52.7 Å². The van der Waals surface area contributed by atoms with Crippen LogP contribution in [0.2, 0.25) is 0 Å². The van der Waals surface area contributed by atoms with E-state index < -0.39 is 116 Å². The molecular formula is C32H37F3O15. The van der Waals surface area contributed by atoms with Crippen LogP contribution in [0.3, 0.4) is 0 Å². The Labute approximate surface area is 284 Å². The second kappa shape index (κ2) is 17.4. The largest absolute Gasteiger partial charge is 0.463 e. The number of hydrogen-bond donors (Lipinski definition) is 0. The van der Waals surface area contributed by atoms with Crippen LogP contribution < -0.4 is 0 Å². The molecule has 0 spiro atoms. The lowest BCUT2D eigenvalue weighted by molar-refractivity contribution is -0.325. The van der Waals surface area contributed by atoms with Gasteiger partial charge in [0.05, 0.1) is 12.2 Å². The summed E-state index contributed by atoms with van der Waals surface area (Å²) in [6.07, 6.45) is -15.5. The van der Waals surface area contributed by atoms with Gasteiger partial charge in [-0.05, 0) is 17.7 Å². The number of carbonyl (C=O) groups excluding carboxylic acids is 6. The molecule has 9 atom stereocenters. The molecule has 50 heavy (non-hydrogen) atoms. The Kier molecular flexibility index (Phi) is 13.9. The molecule has 3 rings (SSSR count). The number of alkyl halides is 3. The summed E-state index contributed by atoms with van der Waals surface area (Å²) in [5.41, 5.74) is -0.847. The third-order valence-corrected chi connectivity index (χ3v) is 7.01. The highest BCUT2D eigenvalue weighted by Gasteiger charge is 2.54. The average molecular weight is 719 g/mol. The zero-order valence-corrected chi connectivity index (χ0v) is 27.8. The van der Waals surface area contributed by atoms with Gasteiger partial charge in [0, 0.05) is 41.5 Å². The van der Waals surface area contributed by atoms with E-state index in [0.717, 1.165) is 53.7 Å². The number of benzene rings is 1. The average Bonchev–Trinajstić information content (AvgIpc) is 2.98. The Balaban J connectivity index is 2.09. The van der Waals surface area contributed by atoms with Gasteiger partial charge >= 0.3 is 42.0 Å². The summed E-state index contributed by atoms with van der Waals surface area (Å²) in [4.78, 5) is 72.6. The van der Waals surface area contributed by atoms with E-state index >= 15 is 0 Å². The Morgan fingerprint density at radius 2 is 1.30 bits per heavy atom. The molecule has 0 radical (unpaired) electrons. The molecule has 2 aliphatic heterocycles. The molecule has 15 nitrogen and oxygen atoms in total.